The van der Waals surface area contributed by atoms with Gasteiger partial charge in [0.1, 0.15) is 5.60 Å². The summed E-state index contributed by atoms with van der Waals surface area (Å²) in [6, 6.07) is 2.01. The van der Waals surface area contributed by atoms with Gasteiger partial charge in [0.2, 0.25) is 0 Å². The van der Waals surface area contributed by atoms with Gasteiger partial charge in [0.25, 0.3) is 0 Å². The Kier molecular flexibility index (Phi) is 7.01. The molecular weight excluding hydrogens is 409 g/mol. The van der Waals surface area contributed by atoms with Crippen molar-refractivity contribution in [2.75, 3.05) is 13.7 Å². The maximum absolute atomic E-state index is 12.0. The van der Waals surface area contributed by atoms with Gasteiger partial charge in [0, 0.05) is 10.1 Å². The number of rotatable bonds is 5. The Balaban J connectivity index is 2.84. The van der Waals surface area contributed by atoms with E-state index in [1.807, 2.05) is 40.7 Å². The lowest BCUT2D eigenvalue weighted by Gasteiger charge is -2.20. The van der Waals surface area contributed by atoms with Crippen LogP contribution >= 0.6 is 22.6 Å². The Morgan fingerprint density at radius 3 is 2.35 bits per heavy atom. The fourth-order valence-electron chi connectivity index (χ4n) is 2.20. The van der Waals surface area contributed by atoms with Crippen LogP contribution in [0.1, 0.15) is 47.8 Å². The van der Waals surface area contributed by atoms with E-state index in [9.17, 15) is 9.59 Å². The minimum atomic E-state index is -0.494. The van der Waals surface area contributed by atoms with Gasteiger partial charge in [-0.15, -0.1) is 0 Å². The predicted octanol–water partition coefficient (Wildman–Crippen LogP) is 3.13. The monoisotopic (exact) mass is 433 g/mol. The molecule has 0 fully saturated rings. The first-order valence-electron chi connectivity index (χ1n) is 7.36. The fraction of sp³-hybridized carbons (Fsp3) is 0.529. The fourth-order valence-corrected chi connectivity index (χ4v) is 2.84. The molecule has 1 aromatic carbocycles. The summed E-state index contributed by atoms with van der Waals surface area (Å²) in [5.74, 6) is -0.642. The van der Waals surface area contributed by atoms with Crippen molar-refractivity contribution >= 4 is 34.5 Å². The molecule has 0 bridgehead atoms. The number of esters is 2. The number of benzene rings is 1. The summed E-state index contributed by atoms with van der Waals surface area (Å²) in [6.07, 6.45) is 0. The molecule has 1 N–H and O–H groups in total. The van der Waals surface area contributed by atoms with Gasteiger partial charge >= 0.3 is 11.9 Å². The van der Waals surface area contributed by atoms with Crippen molar-refractivity contribution in [2.24, 2.45) is 0 Å². The number of hydrogen-bond acceptors (Lipinski definition) is 5. The summed E-state index contributed by atoms with van der Waals surface area (Å²) in [5, 5.41) is 3.07. The van der Waals surface area contributed by atoms with E-state index in [4.69, 9.17) is 9.47 Å². The van der Waals surface area contributed by atoms with E-state index in [0.717, 1.165) is 20.3 Å². The molecule has 23 heavy (non-hydrogen) atoms. The Hall–Kier alpha value is -1.15. The largest absolute Gasteiger partial charge is 0.465 e. The Labute approximate surface area is 151 Å². The molecule has 0 spiro atoms. The van der Waals surface area contributed by atoms with Crippen LogP contribution in [-0.2, 0) is 20.8 Å². The normalized spacial score (nSPS) is 11.3. The Morgan fingerprint density at radius 2 is 1.83 bits per heavy atom. The van der Waals surface area contributed by atoms with Gasteiger partial charge < -0.3 is 14.8 Å². The van der Waals surface area contributed by atoms with Gasteiger partial charge in [-0.1, -0.05) is 0 Å². The lowest BCUT2D eigenvalue weighted by Crippen LogP contribution is -2.31. The van der Waals surface area contributed by atoms with Crippen LogP contribution in [0, 0.1) is 17.4 Å². The van der Waals surface area contributed by atoms with Crippen LogP contribution in [0.15, 0.2) is 6.07 Å². The number of methoxy groups -OCH3 is 1. The van der Waals surface area contributed by atoms with Crippen molar-refractivity contribution in [1.82, 2.24) is 5.32 Å². The zero-order chi connectivity index (χ0) is 17.8. The molecule has 0 aliphatic carbocycles. The van der Waals surface area contributed by atoms with Gasteiger partial charge in [-0.3, -0.25) is 4.79 Å². The van der Waals surface area contributed by atoms with E-state index in [-0.39, 0.29) is 18.5 Å². The topological polar surface area (TPSA) is 64.6 Å². The Morgan fingerprint density at radius 1 is 1.22 bits per heavy atom. The molecule has 0 saturated heterocycles. The molecule has 0 radical (unpaired) electrons. The molecule has 128 valence electrons. The molecule has 0 amide bonds. The smallest absolute Gasteiger partial charge is 0.338 e. The van der Waals surface area contributed by atoms with Gasteiger partial charge in [-0.05, 0) is 80.0 Å². The highest BCUT2D eigenvalue weighted by Gasteiger charge is 2.19. The molecule has 1 rings (SSSR count). The average molecular weight is 433 g/mol. The van der Waals surface area contributed by atoms with Crippen LogP contribution in [0.5, 0.6) is 0 Å². The third kappa shape index (κ3) is 5.76. The van der Waals surface area contributed by atoms with E-state index < -0.39 is 5.60 Å². The predicted molar refractivity (Wildman–Crippen MR) is 97.5 cm³/mol. The van der Waals surface area contributed by atoms with Crippen molar-refractivity contribution in [3.8, 4) is 0 Å². The molecule has 0 aromatic heterocycles. The molecular formula is C17H24INO4. The minimum absolute atomic E-state index is 0.120. The average Bonchev–Trinajstić information content (AvgIpc) is 2.42. The first kappa shape index (κ1) is 19.9. The second-order valence-corrected chi connectivity index (χ2v) is 7.49. The molecule has 0 atom stereocenters. The van der Waals surface area contributed by atoms with Gasteiger partial charge in [0.15, 0.2) is 0 Å². The second-order valence-electron chi connectivity index (χ2n) is 6.32. The summed E-state index contributed by atoms with van der Waals surface area (Å²) in [6.45, 7) is 9.89. The Bertz CT molecular complexity index is 606. The molecule has 0 aliphatic heterocycles. The summed E-state index contributed by atoms with van der Waals surface area (Å²) >= 11 is 2.20. The van der Waals surface area contributed by atoms with Crippen LogP contribution in [0.25, 0.3) is 0 Å². The number of carbonyl (C=O) groups excluding carboxylic acids is 2. The van der Waals surface area contributed by atoms with Crippen LogP contribution in [0.3, 0.4) is 0 Å². The molecule has 0 aliphatic rings. The van der Waals surface area contributed by atoms with E-state index in [1.54, 1.807) is 0 Å². The highest BCUT2D eigenvalue weighted by atomic mass is 127. The SMILES string of the molecule is COC(=O)c1c(C)c(I)cc(CNCC(=O)OC(C)(C)C)c1C. The summed E-state index contributed by atoms with van der Waals surface area (Å²) in [4.78, 5) is 23.7. The molecule has 6 heteroatoms. The zero-order valence-electron chi connectivity index (χ0n) is 14.5. The molecule has 5 nitrogen and oxygen atoms in total. The van der Waals surface area contributed by atoms with Crippen molar-refractivity contribution in [1.29, 1.82) is 0 Å². The van der Waals surface area contributed by atoms with Crippen LogP contribution < -0.4 is 5.32 Å². The second kappa shape index (κ2) is 8.10. The first-order valence-corrected chi connectivity index (χ1v) is 8.44. The first-order chi connectivity index (χ1) is 10.6. The van der Waals surface area contributed by atoms with Gasteiger partial charge in [-0.2, -0.15) is 0 Å². The summed E-state index contributed by atoms with van der Waals surface area (Å²) in [7, 11) is 1.38. The quantitative estimate of drug-likeness (QED) is 0.571. The van der Waals surface area contributed by atoms with Crippen molar-refractivity contribution in [2.45, 2.75) is 46.8 Å². The third-order valence-electron chi connectivity index (χ3n) is 3.29. The zero-order valence-corrected chi connectivity index (χ0v) is 16.7. The molecule has 0 heterocycles. The van der Waals surface area contributed by atoms with Gasteiger partial charge in [0.05, 0.1) is 19.2 Å². The number of halogens is 1. The van der Waals surface area contributed by atoms with Crippen molar-refractivity contribution < 1.29 is 19.1 Å². The lowest BCUT2D eigenvalue weighted by molar-refractivity contribution is -0.153. The number of ether oxygens (including phenoxy) is 2. The molecule has 0 saturated carbocycles. The third-order valence-corrected chi connectivity index (χ3v) is 4.41. The van der Waals surface area contributed by atoms with E-state index in [0.29, 0.717) is 12.1 Å². The van der Waals surface area contributed by atoms with Crippen molar-refractivity contribution in [3.63, 3.8) is 0 Å². The number of carbonyl (C=O) groups is 2. The minimum Gasteiger partial charge on any atom is -0.465 e. The number of nitrogens with one attached hydrogen (secondary N) is 1. The molecule has 0 unspecified atom stereocenters. The maximum Gasteiger partial charge on any atom is 0.338 e. The molecule has 1 aromatic rings. The van der Waals surface area contributed by atoms with E-state index >= 15 is 0 Å². The van der Waals surface area contributed by atoms with E-state index in [2.05, 4.69) is 27.9 Å². The highest BCUT2D eigenvalue weighted by Crippen LogP contribution is 2.24. The van der Waals surface area contributed by atoms with E-state index in [1.165, 1.54) is 7.11 Å². The highest BCUT2D eigenvalue weighted by molar-refractivity contribution is 14.1. The summed E-state index contributed by atoms with van der Waals surface area (Å²) in [5.41, 5.74) is 2.83. The van der Waals surface area contributed by atoms with Crippen LogP contribution in [0.2, 0.25) is 0 Å². The van der Waals surface area contributed by atoms with Gasteiger partial charge in [-0.25, -0.2) is 4.79 Å². The van der Waals surface area contributed by atoms with Crippen molar-refractivity contribution in [3.05, 3.63) is 31.9 Å². The maximum atomic E-state index is 12.0. The number of hydrogen-bond donors (Lipinski definition) is 1. The lowest BCUT2D eigenvalue weighted by atomic mass is 9.97. The summed E-state index contributed by atoms with van der Waals surface area (Å²) < 4.78 is 11.1. The van der Waals surface area contributed by atoms with Crippen LogP contribution in [-0.4, -0.2) is 31.2 Å². The van der Waals surface area contributed by atoms with Crippen LogP contribution in [0.4, 0.5) is 0 Å². The standard InChI is InChI=1S/C17H24INO4/c1-10-12(8-19-9-14(20)23-17(3,4)5)7-13(18)11(2)15(10)16(21)22-6/h7,19H,8-9H2,1-6H3.